The second-order valence-corrected chi connectivity index (χ2v) is 6.58. The number of imidazole rings is 1. The lowest BCUT2D eigenvalue weighted by Gasteiger charge is -2.11. The molecule has 1 atom stereocenters. The number of aliphatic hydroxyl groups is 1. The summed E-state index contributed by atoms with van der Waals surface area (Å²) < 4.78 is 7.85. The summed E-state index contributed by atoms with van der Waals surface area (Å²) in [5, 5.41) is 10.2. The van der Waals surface area contributed by atoms with Gasteiger partial charge in [-0.05, 0) is 47.6 Å². The van der Waals surface area contributed by atoms with Crippen molar-refractivity contribution in [3.05, 3.63) is 72.8 Å². The molecule has 4 heteroatoms. The highest BCUT2D eigenvalue weighted by Crippen LogP contribution is 2.41. The lowest BCUT2D eigenvalue weighted by Crippen LogP contribution is -2.06. The third kappa shape index (κ3) is 3.91. The Kier molecular flexibility index (Phi) is 4.53. The Morgan fingerprint density at radius 3 is 2.68 bits per heavy atom. The van der Waals surface area contributed by atoms with Gasteiger partial charge in [0.05, 0.1) is 19.0 Å². The van der Waals surface area contributed by atoms with Gasteiger partial charge in [-0.15, -0.1) is 0 Å². The van der Waals surface area contributed by atoms with Crippen LogP contribution in [0.25, 0.3) is 11.1 Å². The second-order valence-electron chi connectivity index (χ2n) is 6.58. The molecule has 25 heavy (non-hydrogen) atoms. The van der Waals surface area contributed by atoms with Crippen LogP contribution < -0.4 is 4.74 Å². The molecule has 1 aromatic heterocycles. The average Bonchev–Trinajstić information content (AvgIpc) is 3.38. The average molecular weight is 334 g/mol. The van der Waals surface area contributed by atoms with Gasteiger partial charge in [-0.2, -0.15) is 0 Å². The zero-order valence-corrected chi connectivity index (χ0v) is 14.1. The van der Waals surface area contributed by atoms with E-state index >= 15 is 0 Å². The molecule has 4 rings (SSSR count). The Morgan fingerprint density at radius 1 is 1.12 bits per heavy atom. The molecule has 1 fully saturated rings. The minimum atomic E-state index is -0.313. The smallest absolute Gasteiger partial charge is 0.120 e. The maximum absolute atomic E-state index is 10.2. The van der Waals surface area contributed by atoms with Crippen LogP contribution in [0.15, 0.2) is 67.3 Å². The van der Waals surface area contributed by atoms with E-state index in [9.17, 15) is 5.11 Å². The van der Waals surface area contributed by atoms with Crippen LogP contribution >= 0.6 is 0 Å². The van der Waals surface area contributed by atoms with Crippen molar-refractivity contribution in [2.24, 2.45) is 5.92 Å². The molecule has 1 unspecified atom stereocenters. The van der Waals surface area contributed by atoms with Gasteiger partial charge in [0, 0.05) is 12.4 Å². The quantitative estimate of drug-likeness (QED) is 0.708. The minimum absolute atomic E-state index is 0.313. The van der Waals surface area contributed by atoms with Gasteiger partial charge in [0.15, 0.2) is 0 Å². The molecule has 2 aromatic carbocycles. The molecular weight excluding hydrogens is 312 g/mol. The molecule has 0 radical (unpaired) electrons. The van der Waals surface area contributed by atoms with Crippen LogP contribution in [0, 0.1) is 5.92 Å². The lowest BCUT2D eigenvalue weighted by atomic mass is 10.00. The molecule has 0 amide bonds. The van der Waals surface area contributed by atoms with E-state index in [1.165, 1.54) is 0 Å². The Bertz CT molecular complexity index is 808. The van der Waals surface area contributed by atoms with Crippen molar-refractivity contribution < 1.29 is 9.84 Å². The summed E-state index contributed by atoms with van der Waals surface area (Å²) in [5.74, 6) is 1.32. The van der Waals surface area contributed by atoms with Gasteiger partial charge in [0.2, 0.25) is 0 Å². The number of rotatable bonds is 7. The zero-order chi connectivity index (χ0) is 17.1. The molecule has 0 bridgehead atoms. The summed E-state index contributed by atoms with van der Waals surface area (Å²) in [7, 11) is 0. The summed E-state index contributed by atoms with van der Waals surface area (Å²) in [6, 6.07) is 16.3. The first-order valence-corrected chi connectivity index (χ1v) is 8.76. The Morgan fingerprint density at radius 2 is 1.96 bits per heavy atom. The molecule has 1 N–H and O–H groups in total. The van der Waals surface area contributed by atoms with Crippen LogP contribution in [-0.4, -0.2) is 21.3 Å². The van der Waals surface area contributed by atoms with E-state index in [4.69, 9.17) is 4.74 Å². The molecule has 4 nitrogen and oxygen atoms in total. The van der Waals surface area contributed by atoms with Crippen LogP contribution in [0.2, 0.25) is 0 Å². The molecule has 0 spiro atoms. The van der Waals surface area contributed by atoms with Gasteiger partial charge in [0.25, 0.3) is 0 Å². The molecule has 1 saturated carbocycles. The lowest BCUT2D eigenvalue weighted by molar-refractivity contribution is 0.154. The molecule has 128 valence electrons. The van der Waals surface area contributed by atoms with E-state index in [1.54, 1.807) is 12.5 Å². The standard InChI is InChI=1S/C21H22N2O2/c24-21(18-8-9-18)17-6-4-16(5-7-17)19-2-1-3-20(14-19)25-13-12-23-11-10-22-15-23/h1-7,10-11,14-15,18,21,24H,8-9,12-13H2. The molecule has 0 saturated heterocycles. The van der Waals surface area contributed by atoms with Crippen LogP contribution in [0.3, 0.4) is 0 Å². The monoisotopic (exact) mass is 334 g/mol. The van der Waals surface area contributed by atoms with Gasteiger partial charge < -0.3 is 14.4 Å². The van der Waals surface area contributed by atoms with Gasteiger partial charge in [0.1, 0.15) is 12.4 Å². The summed E-state index contributed by atoms with van der Waals surface area (Å²) in [6.07, 6.45) is 7.45. The molecule has 1 aliphatic carbocycles. The largest absolute Gasteiger partial charge is 0.492 e. The number of aliphatic hydroxyl groups excluding tert-OH is 1. The second kappa shape index (κ2) is 7.11. The highest BCUT2D eigenvalue weighted by molar-refractivity contribution is 5.65. The zero-order valence-electron chi connectivity index (χ0n) is 14.1. The van der Waals surface area contributed by atoms with E-state index < -0.39 is 0 Å². The van der Waals surface area contributed by atoms with Crippen molar-refractivity contribution in [1.82, 2.24) is 9.55 Å². The van der Waals surface area contributed by atoms with Crippen LogP contribution in [0.5, 0.6) is 5.75 Å². The van der Waals surface area contributed by atoms with Gasteiger partial charge in [-0.3, -0.25) is 0 Å². The third-order valence-electron chi connectivity index (χ3n) is 4.67. The van der Waals surface area contributed by atoms with Crippen molar-refractivity contribution in [3.8, 4) is 16.9 Å². The maximum atomic E-state index is 10.2. The maximum Gasteiger partial charge on any atom is 0.120 e. The molecule has 0 aliphatic heterocycles. The van der Waals surface area contributed by atoms with Gasteiger partial charge in [-0.1, -0.05) is 36.4 Å². The number of ether oxygens (including phenoxy) is 1. The first kappa shape index (κ1) is 15.9. The van der Waals surface area contributed by atoms with Crippen molar-refractivity contribution in [1.29, 1.82) is 0 Å². The van der Waals surface area contributed by atoms with Crippen molar-refractivity contribution in [3.63, 3.8) is 0 Å². The first-order valence-electron chi connectivity index (χ1n) is 8.76. The fourth-order valence-electron chi connectivity index (χ4n) is 3.01. The molecule has 1 heterocycles. The highest BCUT2D eigenvalue weighted by Gasteiger charge is 2.30. The van der Waals surface area contributed by atoms with E-state index in [1.807, 2.05) is 35.0 Å². The normalized spacial score (nSPS) is 15.1. The third-order valence-corrected chi connectivity index (χ3v) is 4.67. The molecular formula is C21H22N2O2. The van der Waals surface area contributed by atoms with Gasteiger partial charge in [-0.25, -0.2) is 4.98 Å². The molecule has 1 aliphatic rings. The van der Waals surface area contributed by atoms with Crippen LogP contribution in [0.4, 0.5) is 0 Å². The fourth-order valence-corrected chi connectivity index (χ4v) is 3.01. The summed E-state index contributed by atoms with van der Waals surface area (Å²) >= 11 is 0. The molecule has 3 aromatic rings. The Balaban J connectivity index is 1.41. The topological polar surface area (TPSA) is 47.3 Å². The summed E-state index contributed by atoms with van der Waals surface area (Å²) in [4.78, 5) is 4.03. The number of aromatic nitrogens is 2. The van der Waals surface area contributed by atoms with Crippen molar-refractivity contribution in [2.45, 2.75) is 25.5 Å². The predicted octanol–water partition coefficient (Wildman–Crippen LogP) is 4.07. The van der Waals surface area contributed by atoms with E-state index in [0.29, 0.717) is 12.5 Å². The summed E-state index contributed by atoms with van der Waals surface area (Å²) in [6.45, 7) is 1.38. The van der Waals surface area contributed by atoms with E-state index in [2.05, 4.69) is 29.2 Å². The van der Waals surface area contributed by atoms with E-state index in [-0.39, 0.29) is 6.10 Å². The number of hydrogen-bond donors (Lipinski definition) is 1. The number of benzene rings is 2. The number of nitrogens with zero attached hydrogens (tertiary/aromatic N) is 2. The summed E-state index contributed by atoms with van der Waals surface area (Å²) in [5.41, 5.74) is 3.26. The van der Waals surface area contributed by atoms with E-state index in [0.717, 1.165) is 41.8 Å². The SMILES string of the molecule is OC(c1ccc(-c2cccc(OCCn3ccnc3)c2)cc1)C1CC1. The van der Waals surface area contributed by atoms with Crippen molar-refractivity contribution >= 4 is 0 Å². The fraction of sp³-hybridized carbons (Fsp3) is 0.286. The Labute approximate surface area is 147 Å². The highest BCUT2D eigenvalue weighted by atomic mass is 16.5. The minimum Gasteiger partial charge on any atom is -0.492 e. The van der Waals surface area contributed by atoms with Crippen molar-refractivity contribution in [2.75, 3.05) is 6.61 Å². The van der Waals surface area contributed by atoms with Crippen LogP contribution in [0.1, 0.15) is 24.5 Å². The van der Waals surface area contributed by atoms with Gasteiger partial charge >= 0.3 is 0 Å². The Hall–Kier alpha value is -2.59. The predicted molar refractivity (Wildman–Crippen MR) is 97.3 cm³/mol. The van der Waals surface area contributed by atoms with Crippen LogP contribution in [-0.2, 0) is 6.54 Å². The number of hydrogen-bond acceptors (Lipinski definition) is 3. The first-order chi connectivity index (χ1) is 12.3.